The molecule has 0 amide bonds. The van der Waals surface area contributed by atoms with Gasteiger partial charge < -0.3 is 99.9 Å². The molecule has 0 radical (unpaired) electrons. The Morgan fingerprint density at radius 1 is 0.415 bits per heavy atom. The maximum Gasteiger partial charge on any atom is 1.00 e. The van der Waals surface area contributed by atoms with Crippen molar-refractivity contribution in [1.29, 1.82) is 0 Å². The van der Waals surface area contributed by atoms with Gasteiger partial charge in [-0.3, -0.25) is 37.1 Å². The molecule has 0 spiro atoms. The molecular weight excluding hydrogens is 1770 g/mol. The van der Waals surface area contributed by atoms with E-state index < -0.39 is 84.8 Å². The molecule has 36 nitrogen and oxygen atoms in total. The second-order valence-corrected chi connectivity index (χ2v) is 27.0. The van der Waals surface area contributed by atoms with Gasteiger partial charge in [-0.1, -0.05) is 82.6 Å². The number of hydrogen-bond acceptors (Lipinski definition) is 36. The summed E-state index contributed by atoms with van der Waals surface area (Å²) in [7, 11) is -7.48. The number of phenols is 2. The molecule has 10 rings (SSSR count). The topological polar surface area (TPSA) is 551 Å². The van der Waals surface area contributed by atoms with Gasteiger partial charge in [0, 0.05) is 24.3 Å². The molecule has 4 heterocycles. The first-order chi connectivity index (χ1) is 56.1. The first-order valence-corrected chi connectivity index (χ1v) is 38.6. The number of hydrogen-bond donors (Lipinski definition) is 6. The summed E-state index contributed by atoms with van der Waals surface area (Å²) in [6, 6.07) is 35.0. The van der Waals surface area contributed by atoms with E-state index in [9.17, 15) is 85.8 Å². The molecule has 0 saturated carbocycles. The number of aryl methyl sites for hydroxylation is 2. The van der Waals surface area contributed by atoms with Crippen LogP contribution in [0.15, 0.2) is 192 Å². The molecule has 0 aliphatic rings. The van der Waals surface area contributed by atoms with Gasteiger partial charge in [-0.15, -0.1) is 0 Å². The van der Waals surface area contributed by atoms with Crippen LogP contribution in [-0.4, -0.2) is 162 Å². The van der Waals surface area contributed by atoms with Crippen LogP contribution in [-0.2, 0) is 66.9 Å². The molecule has 0 aliphatic carbocycles. The molecule has 10 aromatic rings. The van der Waals surface area contributed by atoms with Crippen molar-refractivity contribution in [1.82, 2.24) is 0 Å². The number of phenolic OH excluding ortho intramolecular Hbond substituents is 2. The number of carbonyl (C=O) groups is 6. The maximum atomic E-state index is 12.2. The van der Waals surface area contributed by atoms with Crippen molar-refractivity contribution >= 4 is 101 Å². The summed E-state index contributed by atoms with van der Waals surface area (Å²) >= 11 is 0. The maximum absolute atomic E-state index is 12.2. The van der Waals surface area contributed by atoms with E-state index in [0.717, 1.165) is 35.4 Å². The summed E-state index contributed by atoms with van der Waals surface area (Å²) in [6.07, 6.45) is -0.613. The minimum Gasteiger partial charge on any atom is -1.00 e. The average molecular weight is 1870 g/mol. The number of aliphatic hydroxyl groups is 4. The molecule has 0 aliphatic heterocycles. The minimum absolute atomic E-state index is 0. The zero-order valence-corrected chi connectivity index (χ0v) is 83.7. The van der Waals surface area contributed by atoms with Crippen molar-refractivity contribution < 1.29 is 359 Å². The summed E-state index contributed by atoms with van der Waals surface area (Å²) in [5, 5.41) is 73.9. The van der Waals surface area contributed by atoms with Gasteiger partial charge in [0.1, 0.15) is 69.3 Å². The number of rotatable bonds is 28. The second kappa shape index (κ2) is 64.9. The minimum atomic E-state index is -3.74. The molecule has 4 atom stereocenters. The summed E-state index contributed by atoms with van der Waals surface area (Å²) < 4.78 is 107. The van der Waals surface area contributed by atoms with Gasteiger partial charge in [-0.25, -0.2) is 19.2 Å². The average Bonchev–Trinajstić information content (AvgIpc) is 0.807. The summed E-state index contributed by atoms with van der Waals surface area (Å²) in [5.74, 6) is -2.77. The molecule has 123 heavy (non-hydrogen) atoms. The molecule has 6 N–H and O–H groups in total. The van der Waals surface area contributed by atoms with Crippen LogP contribution < -0.4 is 247 Å². The predicted molar refractivity (Wildman–Crippen MR) is 425 cm³/mol. The van der Waals surface area contributed by atoms with E-state index in [4.69, 9.17) is 74.6 Å². The number of aliphatic hydroxyl groups excluding tert-OH is 4. The van der Waals surface area contributed by atoms with E-state index in [0.29, 0.717) is 42.6 Å². The third-order valence-electron chi connectivity index (χ3n) is 15.1. The smallest absolute Gasteiger partial charge is 1.00 e. The van der Waals surface area contributed by atoms with Crippen molar-refractivity contribution in [2.75, 3.05) is 52.9 Å². The predicted octanol–water partition coefficient (Wildman–Crippen LogP) is -3.72. The largest absolute Gasteiger partial charge is 1.00 e. The number of benzene rings is 6. The van der Waals surface area contributed by atoms with Crippen molar-refractivity contribution in [2.45, 2.75) is 137 Å². The van der Waals surface area contributed by atoms with E-state index in [1.165, 1.54) is 66.7 Å². The number of ether oxygens (including phenoxy) is 6. The summed E-state index contributed by atoms with van der Waals surface area (Å²) in [6.45, 7) is 17.8. The zero-order chi connectivity index (χ0) is 88.2. The third kappa shape index (κ3) is 42.9. The van der Waals surface area contributed by atoms with Gasteiger partial charge in [-0.05, 0) is 152 Å². The van der Waals surface area contributed by atoms with Gasteiger partial charge in [0.15, 0.2) is 21.7 Å². The van der Waals surface area contributed by atoms with Crippen LogP contribution in [0.1, 0.15) is 145 Å². The van der Waals surface area contributed by atoms with Crippen LogP contribution in [0.5, 0.6) is 23.0 Å². The van der Waals surface area contributed by atoms with Crippen LogP contribution >= 0.6 is 0 Å². The van der Waals surface area contributed by atoms with Gasteiger partial charge in [0.05, 0.1) is 84.6 Å². The number of fused-ring (bicyclic) bond motifs is 4. The van der Waals surface area contributed by atoms with Crippen LogP contribution in [0.25, 0.3) is 43.9 Å². The Morgan fingerprint density at radius 2 is 0.732 bits per heavy atom. The van der Waals surface area contributed by atoms with E-state index in [2.05, 4.69) is 9.78 Å². The second-order valence-electron chi connectivity index (χ2n) is 23.8. The molecule has 4 aromatic heterocycles. The summed E-state index contributed by atoms with van der Waals surface area (Å²) in [4.78, 5) is 117. The van der Waals surface area contributed by atoms with Crippen LogP contribution in [0, 0.1) is 13.8 Å². The molecule has 6 aromatic carbocycles. The number of aromatic hydroxyl groups is 2. The Balaban J connectivity index is -0.000000449. The monoisotopic (exact) mass is 1860 g/mol. The zero-order valence-electron chi connectivity index (χ0n) is 71.6. The Labute approximate surface area is 880 Å². The fourth-order valence-corrected chi connectivity index (χ4v) is 10.7. The van der Waals surface area contributed by atoms with E-state index in [1.807, 2.05) is 27.7 Å². The molecule has 652 valence electrons. The van der Waals surface area contributed by atoms with Crippen LogP contribution in [0.4, 0.5) is 0 Å². The van der Waals surface area contributed by atoms with Gasteiger partial charge in [0.2, 0.25) is 23.0 Å². The molecular formula is C81H96K4O36S2. The number of carbonyl (C=O) groups excluding carboxylic acids is 6. The first kappa shape index (κ1) is 121. The standard InChI is InChI=1S/2C16H18O6.2C12H10O5.2C11H16O4S.2CH2O3.CH4.4K.2H/c1-3-10(17)9-21-11-5-6-14-12(7-11)13(18)8-15(22-14)16(19)20-4-2;1-3-10(17)9-21-12-6-5-7-13-15(12)11(18)8-14(22-13)16(19)20-4-2;1-2-16-12(15)11-6-9(14)8-5-7(13)3-4-10(8)17-11;1-2-16-12(15)10-6-8(14)11-7(13)4-3-5-9(11)17-10;2*1-3-10(12)8-15-16(13,14)11-6-4-9(2)5-7-11;2*2-1-4-3;;;;;;;/h2*5-8,10,17H,3-4,9H2,1-2H3;2*3-6,13H,2H2,1H3;2*4-7,10,12H,3,8H2,1-2H3;2*1,3H;1H4;;;;;;/q;;;;;;;;;4*+1;2*-1/p-2. The molecule has 0 bridgehead atoms. The van der Waals surface area contributed by atoms with Gasteiger partial charge in [-0.2, -0.15) is 16.8 Å². The molecule has 4 unspecified atom stereocenters. The summed E-state index contributed by atoms with van der Waals surface area (Å²) in [5.41, 5.74) is 1.23. The Morgan fingerprint density at radius 3 is 1.10 bits per heavy atom. The van der Waals surface area contributed by atoms with Crippen LogP contribution in [0.2, 0.25) is 0 Å². The van der Waals surface area contributed by atoms with Gasteiger partial charge in [0.25, 0.3) is 33.2 Å². The van der Waals surface area contributed by atoms with Crippen molar-refractivity contribution in [2.24, 2.45) is 0 Å². The molecule has 0 saturated heterocycles. The molecule has 0 fully saturated rings. The quantitative estimate of drug-likeness (QED) is 0.00522. The Hall–Kier alpha value is -5.69. The SMILES string of the molecule is C.CCC(O)COS(=O)(=O)c1ccc(C)cc1.CCC(O)COS(=O)(=O)c1ccc(C)cc1.CCOC(=O)c1cc(=O)c2c(O)cccc2o1.CCOC(=O)c1cc(=O)c2c(OCC(O)CC)cccc2o1.CCOC(=O)c1cc(=O)c2cc(O)ccc2o1.CCOC(=O)c1cc(=O)c2cc(OCC(O)CC)ccc2o1.O=CO[O-].O=CO[O-].[H-].[H-].[K+].[K+].[K+].[K+]. The number of esters is 4. The Kier molecular flexibility index (Phi) is 64.1. The van der Waals surface area contributed by atoms with E-state index in [1.54, 1.807) is 96.1 Å². The normalized spacial score (nSPS) is 11.1. The van der Waals surface area contributed by atoms with Crippen molar-refractivity contribution in [3.8, 4) is 23.0 Å². The fourth-order valence-electron chi connectivity index (χ4n) is 8.80. The molecule has 42 heteroatoms. The van der Waals surface area contributed by atoms with Crippen molar-refractivity contribution in [3.63, 3.8) is 0 Å². The van der Waals surface area contributed by atoms with E-state index in [-0.39, 0.29) is 370 Å². The first-order valence-electron chi connectivity index (χ1n) is 35.8. The fraction of sp³-hybridized carbons (Fsp3) is 0.333. The Bertz CT molecular complexity index is 5310. The third-order valence-corrected chi connectivity index (χ3v) is 17.6. The van der Waals surface area contributed by atoms with Gasteiger partial charge >= 0.3 is 229 Å². The van der Waals surface area contributed by atoms with E-state index >= 15 is 0 Å². The van der Waals surface area contributed by atoms with Crippen molar-refractivity contribution in [3.05, 3.63) is 221 Å². The van der Waals surface area contributed by atoms with Crippen LogP contribution in [0.3, 0.4) is 0 Å².